The van der Waals surface area contributed by atoms with E-state index in [1.807, 2.05) is 0 Å². The topological polar surface area (TPSA) is 54.9 Å². The molecule has 4 nitrogen and oxygen atoms in total. The van der Waals surface area contributed by atoms with Crippen molar-refractivity contribution in [1.29, 1.82) is 0 Å². The number of aromatic nitrogens is 2. The number of carbonyl (C=O) groups excluding carboxylic acids is 1. The van der Waals surface area contributed by atoms with Crippen LogP contribution in [0.1, 0.15) is 13.8 Å². The van der Waals surface area contributed by atoms with Crippen LogP contribution in [0.3, 0.4) is 0 Å². The Hall–Kier alpha value is -0.680. The lowest BCUT2D eigenvalue weighted by molar-refractivity contribution is -0.122. The lowest BCUT2D eigenvalue weighted by Crippen LogP contribution is -2.31. The molecule has 0 bridgehead atoms. The van der Waals surface area contributed by atoms with E-state index < -0.39 is 5.41 Å². The fourth-order valence-electron chi connectivity index (χ4n) is 0.564. The smallest absolute Gasteiger partial charge is 0.231 e. The number of alkyl halides is 1. The van der Waals surface area contributed by atoms with E-state index in [0.717, 1.165) is 11.5 Å². The SMILES string of the molecule is CC(C)(CCl)C(=O)Nc1cnns1. The number of hydrogen-bond acceptors (Lipinski definition) is 4. The molecule has 0 aliphatic carbocycles. The molecule has 1 N–H and O–H groups in total. The van der Waals surface area contributed by atoms with Crippen molar-refractivity contribution in [1.82, 2.24) is 9.59 Å². The minimum Gasteiger partial charge on any atom is -0.315 e. The fraction of sp³-hybridized carbons (Fsp3) is 0.571. The van der Waals surface area contributed by atoms with Gasteiger partial charge in [-0.25, -0.2) is 0 Å². The first-order valence-electron chi connectivity index (χ1n) is 3.71. The highest BCUT2D eigenvalue weighted by atomic mass is 35.5. The number of hydrogen-bond donors (Lipinski definition) is 1. The maximum atomic E-state index is 11.5. The molecule has 1 heterocycles. The molecule has 0 saturated carbocycles. The van der Waals surface area contributed by atoms with Gasteiger partial charge >= 0.3 is 0 Å². The van der Waals surface area contributed by atoms with Crippen molar-refractivity contribution in [3.63, 3.8) is 0 Å². The summed E-state index contributed by atoms with van der Waals surface area (Å²) >= 11 is 6.78. The van der Waals surface area contributed by atoms with Crippen molar-refractivity contribution in [2.45, 2.75) is 13.8 Å². The molecule has 0 fully saturated rings. The zero-order chi connectivity index (χ0) is 9.90. The molecular formula is C7H10ClN3OS. The number of nitrogens with zero attached hydrogens (tertiary/aromatic N) is 2. The predicted octanol–water partition coefficient (Wildman–Crippen LogP) is 1.74. The first kappa shape index (κ1) is 10.4. The summed E-state index contributed by atoms with van der Waals surface area (Å²) in [6, 6.07) is 0. The summed E-state index contributed by atoms with van der Waals surface area (Å²) in [6.45, 7) is 3.56. The maximum Gasteiger partial charge on any atom is 0.231 e. The van der Waals surface area contributed by atoms with Crippen molar-refractivity contribution in [2.24, 2.45) is 5.41 Å². The number of nitrogens with one attached hydrogen (secondary N) is 1. The van der Waals surface area contributed by atoms with E-state index in [-0.39, 0.29) is 11.8 Å². The molecule has 0 spiro atoms. The zero-order valence-electron chi connectivity index (χ0n) is 7.37. The van der Waals surface area contributed by atoms with Crippen LogP contribution in [-0.4, -0.2) is 21.4 Å². The Morgan fingerprint density at radius 2 is 2.46 bits per heavy atom. The van der Waals surface area contributed by atoms with Gasteiger partial charge in [0.25, 0.3) is 0 Å². The minimum atomic E-state index is -0.564. The van der Waals surface area contributed by atoms with Crippen LogP contribution in [0.25, 0.3) is 0 Å². The van der Waals surface area contributed by atoms with Crippen LogP contribution in [0.15, 0.2) is 6.20 Å². The number of carbonyl (C=O) groups is 1. The number of rotatable bonds is 3. The molecule has 0 aliphatic rings. The first-order valence-corrected chi connectivity index (χ1v) is 5.02. The van der Waals surface area contributed by atoms with Gasteiger partial charge in [0.1, 0.15) is 5.00 Å². The van der Waals surface area contributed by atoms with Gasteiger partial charge in [0.05, 0.1) is 11.6 Å². The Bertz CT molecular complexity index is 286. The normalized spacial score (nSPS) is 11.3. The Morgan fingerprint density at radius 3 is 2.92 bits per heavy atom. The second-order valence-corrected chi connectivity index (χ2v) is 4.31. The predicted molar refractivity (Wildman–Crippen MR) is 53.0 cm³/mol. The van der Waals surface area contributed by atoms with E-state index in [2.05, 4.69) is 14.9 Å². The Labute approximate surface area is 85.5 Å². The van der Waals surface area contributed by atoms with E-state index in [0.29, 0.717) is 5.00 Å². The van der Waals surface area contributed by atoms with Gasteiger partial charge in [0, 0.05) is 17.4 Å². The number of anilines is 1. The highest BCUT2D eigenvalue weighted by Crippen LogP contribution is 2.20. The second kappa shape index (κ2) is 4.02. The molecule has 0 radical (unpaired) electrons. The summed E-state index contributed by atoms with van der Waals surface area (Å²) in [5, 5.41) is 6.93. The molecule has 1 amide bonds. The fourth-order valence-corrected chi connectivity index (χ4v) is 1.10. The van der Waals surface area contributed by atoms with Crippen LogP contribution in [0.5, 0.6) is 0 Å². The zero-order valence-corrected chi connectivity index (χ0v) is 8.95. The van der Waals surface area contributed by atoms with E-state index in [1.54, 1.807) is 13.8 Å². The average molecular weight is 220 g/mol. The van der Waals surface area contributed by atoms with Gasteiger partial charge in [-0.1, -0.05) is 4.49 Å². The molecule has 6 heteroatoms. The van der Waals surface area contributed by atoms with Gasteiger partial charge in [-0.2, -0.15) is 0 Å². The van der Waals surface area contributed by atoms with Crippen LogP contribution >= 0.6 is 23.1 Å². The molecular weight excluding hydrogens is 210 g/mol. The number of halogens is 1. The van der Waals surface area contributed by atoms with Gasteiger partial charge in [-0.05, 0) is 13.8 Å². The lowest BCUT2D eigenvalue weighted by atomic mass is 9.95. The van der Waals surface area contributed by atoms with Crippen LogP contribution in [-0.2, 0) is 4.79 Å². The van der Waals surface area contributed by atoms with Crippen LogP contribution in [0, 0.1) is 5.41 Å². The van der Waals surface area contributed by atoms with Gasteiger partial charge in [0.2, 0.25) is 5.91 Å². The molecule has 13 heavy (non-hydrogen) atoms. The third-order valence-corrected chi connectivity index (χ3v) is 2.80. The highest BCUT2D eigenvalue weighted by Gasteiger charge is 2.26. The summed E-state index contributed by atoms with van der Waals surface area (Å²) in [7, 11) is 0. The molecule has 72 valence electrons. The van der Waals surface area contributed by atoms with Crippen molar-refractivity contribution < 1.29 is 4.79 Å². The van der Waals surface area contributed by atoms with Crippen molar-refractivity contribution in [3.05, 3.63) is 6.20 Å². The molecule has 0 aromatic carbocycles. The number of amides is 1. The van der Waals surface area contributed by atoms with Gasteiger partial charge in [-0.15, -0.1) is 16.7 Å². The third kappa shape index (κ3) is 2.63. The molecule has 0 atom stereocenters. The minimum absolute atomic E-state index is 0.117. The van der Waals surface area contributed by atoms with E-state index in [4.69, 9.17) is 11.6 Å². The van der Waals surface area contributed by atoms with Crippen molar-refractivity contribution in [3.8, 4) is 0 Å². The molecule has 0 unspecified atom stereocenters. The quantitative estimate of drug-likeness (QED) is 0.788. The summed E-state index contributed by atoms with van der Waals surface area (Å²) in [6.07, 6.45) is 1.51. The Balaban J connectivity index is 2.61. The second-order valence-electron chi connectivity index (χ2n) is 3.25. The van der Waals surface area contributed by atoms with Gasteiger partial charge in [0.15, 0.2) is 0 Å². The van der Waals surface area contributed by atoms with E-state index in [9.17, 15) is 4.79 Å². The van der Waals surface area contributed by atoms with Crippen molar-refractivity contribution in [2.75, 3.05) is 11.2 Å². The third-order valence-electron chi connectivity index (χ3n) is 1.55. The standard InChI is InChI=1S/C7H10ClN3OS/c1-7(2,4-8)6(12)10-5-3-9-11-13-5/h3H,4H2,1-2H3,(H,10,12). The highest BCUT2D eigenvalue weighted by molar-refractivity contribution is 7.10. The summed E-state index contributed by atoms with van der Waals surface area (Å²) in [5.74, 6) is 0.166. The van der Waals surface area contributed by atoms with E-state index >= 15 is 0 Å². The molecule has 1 aromatic heterocycles. The van der Waals surface area contributed by atoms with Gasteiger partial charge < -0.3 is 5.32 Å². The van der Waals surface area contributed by atoms with Crippen LogP contribution in [0.4, 0.5) is 5.00 Å². The Morgan fingerprint density at radius 1 is 1.77 bits per heavy atom. The van der Waals surface area contributed by atoms with Crippen molar-refractivity contribution >= 4 is 34.0 Å². The molecule has 1 rings (SSSR count). The summed E-state index contributed by atoms with van der Waals surface area (Å²) in [5.41, 5.74) is -0.564. The maximum absolute atomic E-state index is 11.5. The van der Waals surface area contributed by atoms with Crippen LogP contribution in [0.2, 0.25) is 0 Å². The molecule has 0 aliphatic heterocycles. The van der Waals surface area contributed by atoms with Gasteiger partial charge in [-0.3, -0.25) is 4.79 Å². The molecule has 1 aromatic rings. The monoisotopic (exact) mass is 219 g/mol. The summed E-state index contributed by atoms with van der Waals surface area (Å²) < 4.78 is 3.63. The summed E-state index contributed by atoms with van der Waals surface area (Å²) in [4.78, 5) is 11.5. The average Bonchev–Trinajstić information content (AvgIpc) is 2.57. The van der Waals surface area contributed by atoms with E-state index in [1.165, 1.54) is 6.20 Å². The molecule has 0 saturated heterocycles. The first-order chi connectivity index (χ1) is 6.06. The largest absolute Gasteiger partial charge is 0.315 e. The Kier molecular flexibility index (Phi) is 3.22. The van der Waals surface area contributed by atoms with Crippen LogP contribution < -0.4 is 5.32 Å². The lowest BCUT2D eigenvalue weighted by Gasteiger charge is -2.18.